The summed E-state index contributed by atoms with van der Waals surface area (Å²) < 4.78 is 40.1. The molecule has 0 amide bonds. The summed E-state index contributed by atoms with van der Waals surface area (Å²) in [5.41, 5.74) is 0.787. The van der Waals surface area contributed by atoms with Crippen LogP contribution in [0.25, 0.3) is 33.8 Å². The molecular formula is C24H21F3N4S2. The van der Waals surface area contributed by atoms with Crippen molar-refractivity contribution in [2.75, 3.05) is 5.75 Å². The molecule has 170 valence electrons. The van der Waals surface area contributed by atoms with Gasteiger partial charge in [0.15, 0.2) is 11.5 Å². The standard InChI is InChI=1S/C24H21F3N4S2/c1-3-32-20-10-17(16-8-6-15(7-9-16)14-4-5-14)12-28-21(20)23-30-19-11-18(33-24(25,26)27)13-29-22(19)31(23)2/h6-14H,3-5H2,1-2H3. The first-order valence-electron chi connectivity index (χ1n) is 10.6. The summed E-state index contributed by atoms with van der Waals surface area (Å²) in [4.78, 5) is 14.6. The zero-order chi connectivity index (χ0) is 23.2. The highest BCUT2D eigenvalue weighted by atomic mass is 32.2. The summed E-state index contributed by atoms with van der Waals surface area (Å²) in [5.74, 6) is 2.15. The van der Waals surface area contributed by atoms with Gasteiger partial charge in [-0.1, -0.05) is 31.2 Å². The molecule has 0 aliphatic heterocycles. The van der Waals surface area contributed by atoms with Crippen molar-refractivity contribution in [1.82, 2.24) is 19.5 Å². The number of pyridine rings is 2. The van der Waals surface area contributed by atoms with Gasteiger partial charge >= 0.3 is 5.51 Å². The van der Waals surface area contributed by atoms with E-state index in [0.717, 1.165) is 21.8 Å². The van der Waals surface area contributed by atoms with Crippen LogP contribution in [0, 0.1) is 0 Å². The average Bonchev–Trinajstić information content (AvgIpc) is 3.57. The Hall–Kier alpha value is -2.52. The van der Waals surface area contributed by atoms with E-state index in [9.17, 15) is 13.2 Å². The Bertz CT molecular complexity index is 1310. The van der Waals surface area contributed by atoms with Gasteiger partial charge in [0.05, 0.1) is 0 Å². The third-order valence-electron chi connectivity index (χ3n) is 5.57. The first kappa shape index (κ1) is 22.3. The van der Waals surface area contributed by atoms with Gasteiger partial charge in [0.1, 0.15) is 11.2 Å². The van der Waals surface area contributed by atoms with Crippen LogP contribution in [0.3, 0.4) is 0 Å². The van der Waals surface area contributed by atoms with Crippen LogP contribution in [-0.4, -0.2) is 30.8 Å². The molecule has 9 heteroatoms. The Labute approximate surface area is 198 Å². The molecule has 1 saturated carbocycles. The number of halogens is 3. The highest BCUT2D eigenvalue weighted by Gasteiger charge is 2.30. The summed E-state index contributed by atoms with van der Waals surface area (Å²) in [6, 6.07) is 12.2. The second-order valence-corrected chi connectivity index (χ2v) is 10.4. The van der Waals surface area contributed by atoms with Gasteiger partial charge in [-0.25, -0.2) is 9.97 Å². The van der Waals surface area contributed by atoms with Crippen LogP contribution in [0.4, 0.5) is 13.2 Å². The van der Waals surface area contributed by atoms with Crippen molar-refractivity contribution >= 4 is 34.7 Å². The van der Waals surface area contributed by atoms with Gasteiger partial charge in [0.25, 0.3) is 0 Å². The fourth-order valence-electron chi connectivity index (χ4n) is 3.86. The van der Waals surface area contributed by atoms with Crippen LogP contribution < -0.4 is 0 Å². The van der Waals surface area contributed by atoms with Crippen molar-refractivity contribution in [1.29, 1.82) is 0 Å². The molecule has 3 heterocycles. The van der Waals surface area contributed by atoms with E-state index in [4.69, 9.17) is 4.98 Å². The number of nitrogens with zero attached hydrogens (tertiary/aromatic N) is 4. The van der Waals surface area contributed by atoms with E-state index in [2.05, 4.69) is 47.2 Å². The molecule has 1 aliphatic carbocycles. The third kappa shape index (κ3) is 4.75. The summed E-state index contributed by atoms with van der Waals surface area (Å²) in [5, 5.41) is 0. The number of benzene rings is 1. The molecular weight excluding hydrogens is 465 g/mol. The summed E-state index contributed by atoms with van der Waals surface area (Å²) in [7, 11) is 1.81. The lowest BCUT2D eigenvalue weighted by Crippen LogP contribution is -2.00. The first-order chi connectivity index (χ1) is 15.8. The van der Waals surface area contributed by atoms with Crippen molar-refractivity contribution in [3.05, 3.63) is 54.4 Å². The maximum atomic E-state index is 12.8. The van der Waals surface area contributed by atoms with E-state index in [-0.39, 0.29) is 16.7 Å². The number of aryl methyl sites for hydroxylation is 1. The van der Waals surface area contributed by atoms with Gasteiger partial charge in [-0.2, -0.15) is 13.2 Å². The minimum atomic E-state index is -4.37. The number of rotatable bonds is 6. The zero-order valence-electron chi connectivity index (χ0n) is 18.1. The quantitative estimate of drug-likeness (QED) is 0.268. The molecule has 1 fully saturated rings. The van der Waals surface area contributed by atoms with E-state index in [1.165, 1.54) is 30.7 Å². The summed E-state index contributed by atoms with van der Waals surface area (Å²) in [6.07, 6.45) is 5.61. The van der Waals surface area contributed by atoms with Gasteiger partial charge in [-0.15, -0.1) is 11.8 Å². The van der Waals surface area contributed by atoms with Gasteiger partial charge in [0.2, 0.25) is 0 Å². The lowest BCUT2D eigenvalue weighted by atomic mass is 10.0. The van der Waals surface area contributed by atoms with Crippen molar-refractivity contribution in [3.63, 3.8) is 0 Å². The van der Waals surface area contributed by atoms with E-state index in [1.807, 2.05) is 6.20 Å². The molecule has 0 saturated heterocycles. The Balaban J connectivity index is 1.53. The van der Waals surface area contributed by atoms with E-state index < -0.39 is 5.51 Å². The molecule has 0 radical (unpaired) electrons. The first-order valence-corrected chi connectivity index (χ1v) is 12.4. The minimum absolute atomic E-state index is 0.0146. The largest absolute Gasteiger partial charge is 0.446 e. The fourth-order valence-corrected chi connectivity index (χ4v) is 5.20. The molecule has 0 bridgehead atoms. The Morgan fingerprint density at radius 2 is 1.79 bits per heavy atom. The van der Waals surface area contributed by atoms with Crippen LogP contribution in [0.15, 0.2) is 58.6 Å². The lowest BCUT2D eigenvalue weighted by molar-refractivity contribution is -0.0328. The Kier molecular flexibility index (Phi) is 5.86. The second-order valence-electron chi connectivity index (χ2n) is 7.96. The predicted molar refractivity (Wildman–Crippen MR) is 127 cm³/mol. The minimum Gasteiger partial charge on any atom is -0.310 e. The monoisotopic (exact) mass is 486 g/mol. The highest BCUT2D eigenvalue weighted by molar-refractivity contribution is 8.00. The van der Waals surface area contributed by atoms with Crippen LogP contribution in [0.1, 0.15) is 31.2 Å². The Morgan fingerprint density at radius 3 is 2.45 bits per heavy atom. The molecule has 4 aromatic rings. The topological polar surface area (TPSA) is 43.6 Å². The van der Waals surface area contributed by atoms with Crippen molar-refractivity contribution in [2.24, 2.45) is 7.05 Å². The zero-order valence-corrected chi connectivity index (χ0v) is 19.7. The predicted octanol–water partition coefficient (Wildman–Crippen LogP) is 7.30. The molecule has 1 aliphatic rings. The normalized spacial score (nSPS) is 14.2. The fraction of sp³-hybridized carbons (Fsp3) is 0.292. The Morgan fingerprint density at radius 1 is 1.03 bits per heavy atom. The number of hydrogen-bond donors (Lipinski definition) is 0. The van der Waals surface area contributed by atoms with Crippen molar-refractivity contribution in [3.8, 4) is 22.6 Å². The number of hydrogen-bond acceptors (Lipinski definition) is 5. The molecule has 0 unspecified atom stereocenters. The number of aromatic nitrogens is 4. The molecule has 0 N–H and O–H groups in total. The van der Waals surface area contributed by atoms with E-state index >= 15 is 0 Å². The molecule has 4 nitrogen and oxygen atoms in total. The van der Waals surface area contributed by atoms with E-state index in [1.54, 1.807) is 23.4 Å². The van der Waals surface area contributed by atoms with Gasteiger partial charge in [-0.3, -0.25) is 4.98 Å². The third-order valence-corrected chi connectivity index (χ3v) is 7.18. The maximum absolute atomic E-state index is 12.8. The van der Waals surface area contributed by atoms with Gasteiger partial charge in [0, 0.05) is 34.8 Å². The average molecular weight is 487 g/mol. The molecule has 3 aromatic heterocycles. The maximum Gasteiger partial charge on any atom is 0.446 e. The van der Waals surface area contributed by atoms with Crippen molar-refractivity contribution in [2.45, 2.75) is 41.0 Å². The molecule has 33 heavy (non-hydrogen) atoms. The highest BCUT2D eigenvalue weighted by Crippen LogP contribution is 2.41. The number of alkyl halides is 3. The van der Waals surface area contributed by atoms with Gasteiger partial charge in [-0.05, 0) is 59.5 Å². The van der Waals surface area contributed by atoms with E-state index in [0.29, 0.717) is 28.6 Å². The van der Waals surface area contributed by atoms with Crippen LogP contribution in [0.5, 0.6) is 0 Å². The summed E-state index contributed by atoms with van der Waals surface area (Å²) in [6.45, 7) is 2.07. The number of thioether (sulfide) groups is 2. The van der Waals surface area contributed by atoms with Gasteiger partial charge < -0.3 is 4.57 Å². The second kappa shape index (κ2) is 8.68. The van der Waals surface area contributed by atoms with Crippen LogP contribution in [0.2, 0.25) is 0 Å². The number of fused-ring (bicyclic) bond motifs is 1. The van der Waals surface area contributed by atoms with Crippen LogP contribution >= 0.6 is 23.5 Å². The molecule has 0 spiro atoms. The molecule has 0 atom stereocenters. The number of imidazole rings is 1. The van der Waals surface area contributed by atoms with Crippen LogP contribution in [-0.2, 0) is 7.05 Å². The molecule has 5 rings (SSSR count). The van der Waals surface area contributed by atoms with Crippen molar-refractivity contribution < 1.29 is 13.2 Å². The summed E-state index contributed by atoms with van der Waals surface area (Å²) >= 11 is 1.48. The lowest BCUT2D eigenvalue weighted by Gasteiger charge is -2.11. The SMILES string of the molecule is CCSc1cc(-c2ccc(C3CC3)cc2)cnc1-c1nc2cc(SC(F)(F)F)cnc2n1C. The smallest absolute Gasteiger partial charge is 0.310 e. The molecule has 1 aromatic carbocycles.